The van der Waals surface area contributed by atoms with Crippen LogP contribution < -0.4 is 24.4 Å². The fourth-order valence-corrected chi connectivity index (χ4v) is 4.91. The van der Waals surface area contributed by atoms with Crippen molar-refractivity contribution in [2.75, 3.05) is 27.6 Å². The molecule has 10 nitrogen and oxygen atoms in total. The minimum atomic E-state index is -4.08. The van der Waals surface area contributed by atoms with E-state index in [1.54, 1.807) is 42.5 Å². The lowest BCUT2D eigenvalue weighted by Crippen LogP contribution is -2.39. The van der Waals surface area contributed by atoms with E-state index in [0.717, 1.165) is 9.87 Å². The van der Waals surface area contributed by atoms with Gasteiger partial charge in [-0.25, -0.2) is 13.8 Å². The van der Waals surface area contributed by atoms with Gasteiger partial charge in [0.1, 0.15) is 0 Å². The van der Waals surface area contributed by atoms with E-state index in [9.17, 15) is 13.2 Å². The van der Waals surface area contributed by atoms with Crippen LogP contribution in [0.2, 0.25) is 0 Å². The monoisotopic (exact) mass is 511 g/mol. The van der Waals surface area contributed by atoms with Gasteiger partial charge in [-0.05, 0) is 41.5 Å². The number of carbonyl (C=O) groups is 1. The Morgan fingerprint density at radius 3 is 2.50 bits per heavy atom. The Kier molecular flexibility index (Phi) is 7.71. The normalized spacial score (nSPS) is 12.6. The molecule has 0 spiro atoms. The number of fused-ring (bicyclic) bond motifs is 1. The van der Waals surface area contributed by atoms with Gasteiger partial charge in [-0.3, -0.25) is 4.79 Å². The number of nitrogens with zero attached hydrogens (tertiary/aromatic N) is 2. The van der Waals surface area contributed by atoms with Crippen molar-refractivity contribution in [2.24, 2.45) is 5.10 Å². The lowest BCUT2D eigenvalue weighted by molar-refractivity contribution is -0.121. The number of hydrogen-bond donors (Lipinski definition) is 1. The zero-order chi connectivity index (χ0) is 25.5. The van der Waals surface area contributed by atoms with Crippen molar-refractivity contribution in [3.63, 3.8) is 0 Å². The first kappa shape index (κ1) is 25.0. The first-order valence-electron chi connectivity index (χ1n) is 10.9. The summed E-state index contributed by atoms with van der Waals surface area (Å²) in [6.45, 7) is -0.320. The number of ether oxygens (including phenoxy) is 4. The van der Waals surface area contributed by atoms with E-state index >= 15 is 0 Å². The van der Waals surface area contributed by atoms with Crippen LogP contribution in [-0.2, 0) is 21.4 Å². The van der Waals surface area contributed by atoms with E-state index in [-0.39, 0.29) is 24.0 Å². The Morgan fingerprint density at radius 1 is 1.00 bits per heavy atom. The summed E-state index contributed by atoms with van der Waals surface area (Å²) in [5.74, 6) is 1.26. The third-order valence-electron chi connectivity index (χ3n) is 5.31. The van der Waals surface area contributed by atoms with Gasteiger partial charge in [0.25, 0.3) is 5.91 Å². The molecule has 0 unspecified atom stereocenters. The van der Waals surface area contributed by atoms with E-state index in [4.69, 9.17) is 18.9 Å². The Morgan fingerprint density at radius 2 is 1.75 bits per heavy atom. The molecule has 1 heterocycles. The summed E-state index contributed by atoms with van der Waals surface area (Å²) in [7, 11) is -1.20. The molecule has 0 bridgehead atoms. The average molecular weight is 512 g/mol. The van der Waals surface area contributed by atoms with Crippen molar-refractivity contribution in [2.45, 2.75) is 11.4 Å². The molecule has 0 aliphatic carbocycles. The molecule has 4 rings (SSSR count). The van der Waals surface area contributed by atoms with Gasteiger partial charge in [-0.15, -0.1) is 0 Å². The summed E-state index contributed by atoms with van der Waals surface area (Å²) in [5.41, 5.74) is 3.79. The van der Waals surface area contributed by atoms with Gasteiger partial charge >= 0.3 is 0 Å². The topological polar surface area (TPSA) is 116 Å². The van der Waals surface area contributed by atoms with Crippen LogP contribution in [0.15, 0.2) is 76.7 Å². The second kappa shape index (κ2) is 11.1. The van der Waals surface area contributed by atoms with Gasteiger partial charge in [0, 0.05) is 12.6 Å². The largest absolute Gasteiger partial charge is 0.493 e. The highest BCUT2D eigenvalue weighted by atomic mass is 32.2. The van der Waals surface area contributed by atoms with Crippen molar-refractivity contribution in [3.8, 4) is 23.0 Å². The van der Waals surface area contributed by atoms with Crippen molar-refractivity contribution in [1.29, 1.82) is 0 Å². The zero-order valence-electron chi connectivity index (χ0n) is 19.7. The lowest BCUT2D eigenvalue weighted by Gasteiger charge is -2.22. The molecule has 0 saturated carbocycles. The predicted octanol–water partition coefficient (Wildman–Crippen LogP) is 2.77. The summed E-state index contributed by atoms with van der Waals surface area (Å²) in [6.07, 6.45) is 1.43. The summed E-state index contributed by atoms with van der Waals surface area (Å²) < 4.78 is 49.2. The van der Waals surface area contributed by atoms with Gasteiger partial charge < -0.3 is 18.9 Å². The Hall–Kier alpha value is -4.09. The Bertz CT molecular complexity index is 1360. The molecule has 0 radical (unpaired) electrons. The van der Waals surface area contributed by atoms with Crippen LogP contribution in [0.3, 0.4) is 0 Å². The molecule has 0 fully saturated rings. The fourth-order valence-electron chi connectivity index (χ4n) is 3.51. The van der Waals surface area contributed by atoms with Crippen molar-refractivity contribution >= 4 is 22.1 Å². The number of amides is 1. The van der Waals surface area contributed by atoms with Crippen LogP contribution in [0.4, 0.5) is 0 Å². The van der Waals surface area contributed by atoms with E-state index in [2.05, 4.69) is 10.5 Å². The van der Waals surface area contributed by atoms with Crippen LogP contribution in [-0.4, -0.2) is 52.4 Å². The molecule has 188 valence electrons. The number of methoxy groups -OCH3 is 2. The first-order chi connectivity index (χ1) is 17.4. The quantitative estimate of drug-likeness (QED) is 0.329. The minimum absolute atomic E-state index is 0.0171. The maximum Gasteiger partial charge on any atom is 0.255 e. The highest BCUT2D eigenvalue weighted by Gasteiger charge is 2.28. The highest BCUT2D eigenvalue weighted by molar-refractivity contribution is 7.89. The number of nitrogens with one attached hydrogen (secondary N) is 1. The van der Waals surface area contributed by atoms with Crippen LogP contribution >= 0.6 is 0 Å². The van der Waals surface area contributed by atoms with Crippen molar-refractivity contribution in [3.05, 3.63) is 77.9 Å². The highest BCUT2D eigenvalue weighted by Crippen LogP contribution is 2.32. The second-order valence-electron chi connectivity index (χ2n) is 7.68. The summed E-state index contributed by atoms with van der Waals surface area (Å²) in [5, 5.41) is 3.95. The Labute approximate surface area is 209 Å². The van der Waals surface area contributed by atoms with Crippen LogP contribution in [0.1, 0.15) is 11.1 Å². The molecule has 1 N–H and O–H groups in total. The zero-order valence-corrected chi connectivity index (χ0v) is 20.5. The molecule has 1 aliphatic rings. The molecular formula is C25H25N3O7S. The number of hydrogen-bond acceptors (Lipinski definition) is 8. The molecular weight excluding hydrogens is 486 g/mol. The third-order valence-corrected chi connectivity index (χ3v) is 7.10. The molecule has 1 aliphatic heterocycles. The summed E-state index contributed by atoms with van der Waals surface area (Å²) in [6, 6.07) is 18.5. The SMILES string of the molecule is COc1ccc(S(=O)(=O)N(CC(=O)N/N=C/c2ccc3c(c2)OCO3)Cc2ccccc2)cc1OC. The van der Waals surface area contributed by atoms with E-state index < -0.39 is 22.5 Å². The second-order valence-corrected chi connectivity index (χ2v) is 9.62. The Balaban J connectivity index is 1.52. The van der Waals surface area contributed by atoms with Crippen molar-refractivity contribution < 1.29 is 32.2 Å². The lowest BCUT2D eigenvalue weighted by atomic mass is 10.2. The molecule has 3 aromatic carbocycles. The average Bonchev–Trinajstić information content (AvgIpc) is 3.36. The third kappa shape index (κ3) is 5.75. The van der Waals surface area contributed by atoms with Gasteiger partial charge in [-0.2, -0.15) is 9.41 Å². The molecule has 0 saturated heterocycles. The summed E-state index contributed by atoms with van der Waals surface area (Å²) in [4.78, 5) is 12.7. The van der Waals surface area contributed by atoms with Gasteiger partial charge in [0.05, 0.1) is 31.9 Å². The number of hydrazone groups is 1. The number of benzene rings is 3. The molecule has 36 heavy (non-hydrogen) atoms. The van der Waals surface area contributed by atoms with Crippen LogP contribution in [0.5, 0.6) is 23.0 Å². The summed E-state index contributed by atoms with van der Waals surface area (Å²) >= 11 is 0. The standard InChI is InChI=1S/C25H25N3O7S/c1-32-21-11-9-20(13-23(21)33-2)36(30,31)28(15-18-6-4-3-5-7-18)16-25(29)27-26-14-19-8-10-22-24(12-19)35-17-34-22/h3-14H,15-17H2,1-2H3,(H,27,29)/b26-14+. The maximum absolute atomic E-state index is 13.5. The number of sulfonamides is 1. The number of carbonyl (C=O) groups excluding carboxylic acids is 1. The smallest absolute Gasteiger partial charge is 0.255 e. The molecule has 11 heteroatoms. The fraction of sp³-hybridized carbons (Fsp3) is 0.200. The van der Waals surface area contributed by atoms with E-state index in [1.807, 2.05) is 6.07 Å². The predicted molar refractivity (Wildman–Crippen MR) is 132 cm³/mol. The molecule has 1 amide bonds. The van der Waals surface area contributed by atoms with E-state index in [1.165, 1.54) is 38.6 Å². The first-order valence-corrected chi connectivity index (χ1v) is 12.3. The van der Waals surface area contributed by atoms with Gasteiger partial charge in [0.2, 0.25) is 16.8 Å². The molecule has 0 atom stereocenters. The minimum Gasteiger partial charge on any atom is -0.493 e. The van der Waals surface area contributed by atoms with Crippen LogP contribution in [0, 0.1) is 0 Å². The number of rotatable bonds is 10. The van der Waals surface area contributed by atoms with Crippen molar-refractivity contribution in [1.82, 2.24) is 9.73 Å². The maximum atomic E-state index is 13.5. The molecule has 0 aromatic heterocycles. The van der Waals surface area contributed by atoms with Crippen LogP contribution in [0.25, 0.3) is 0 Å². The molecule has 3 aromatic rings. The van der Waals surface area contributed by atoms with E-state index in [0.29, 0.717) is 22.8 Å². The van der Waals surface area contributed by atoms with Gasteiger partial charge in [-0.1, -0.05) is 30.3 Å². The van der Waals surface area contributed by atoms with Gasteiger partial charge in [0.15, 0.2) is 23.0 Å².